The zero-order valence-corrected chi connectivity index (χ0v) is 14.1. The second-order valence-electron chi connectivity index (χ2n) is 6.22. The molecule has 1 amide bonds. The Morgan fingerprint density at radius 1 is 1.17 bits per heavy atom. The Morgan fingerprint density at radius 3 is 2.88 bits per heavy atom. The third kappa shape index (κ3) is 2.81. The maximum absolute atomic E-state index is 13.1. The molecule has 4 nitrogen and oxygen atoms in total. The van der Waals surface area contributed by atoms with Gasteiger partial charge in [-0.25, -0.2) is 0 Å². The van der Waals surface area contributed by atoms with Gasteiger partial charge in [-0.2, -0.15) is 0 Å². The van der Waals surface area contributed by atoms with Crippen LogP contribution in [-0.2, 0) is 18.0 Å². The Kier molecular flexibility index (Phi) is 4.27. The lowest BCUT2D eigenvalue weighted by atomic mass is 10.0. The number of fused-ring (bicyclic) bond motifs is 1. The van der Waals surface area contributed by atoms with E-state index >= 15 is 0 Å². The quantitative estimate of drug-likeness (QED) is 0.911. The van der Waals surface area contributed by atoms with Gasteiger partial charge < -0.3 is 15.0 Å². The normalized spacial score (nSPS) is 20.0. The molecule has 2 aliphatic rings. The number of ether oxygens (including phenoxy) is 1. The summed E-state index contributed by atoms with van der Waals surface area (Å²) in [5, 5.41) is 4.07. The molecule has 5 heteroatoms. The first-order valence-electron chi connectivity index (χ1n) is 8.20. The van der Waals surface area contributed by atoms with Gasteiger partial charge >= 0.3 is 0 Å². The van der Waals surface area contributed by atoms with Gasteiger partial charge in [-0.3, -0.25) is 4.79 Å². The number of nitrogens with one attached hydrogen (secondary N) is 1. The largest absolute Gasteiger partial charge is 0.372 e. The van der Waals surface area contributed by atoms with E-state index in [9.17, 15) is 4.79 Å². The highest BCUT2D eigenvalue weighted by Gasteiger charge is 2.30. The van der Waals surface area contributed by atoms with Crippen LogP contribution in [0, 0.1) is 0 Å². The van der Waals surface area contributed by atoms with Crippen molar-refractivity contribution in [1.29, 1.82) is 0 Å². The number of carbonyl (C=O) groups excluding carboxylic acids is 1. The van der Waals surface area contributed by atoms with Crippen molar-refractivity contribution in [3.05, 3.63) is 69.7 Å². The van der Waals surface area contributed by atoms with Crippen molar-refractivity contribution in [1.82, 2.24) is 10.2 Å². The van der Waals surface area contributed by atoms with Gasteiger partial charge in [0.25, 0.3) is 5.91 Å². The highest BCUT2D eigenvalue weighted by Crippen LogP contribution is 2.30. The number of nitrogens with zero attached hydrogens (tertiary/aromatic N) is 1. The molecule has 2 aliphatic heterocycles. The number of piperazine rings is 1. The number of hydrogen-bond acceptors (Lipinski definition) is 3. The highest BCUT2D eigenvalue weighted by molar-refractivity contribution is 6.31. The van der Waals surface area contributed by atoms with Crippen LogP contribution in [0.1, 0.15) is 33.1 Å². The van der Waals surface area contributed by atoms with E-state index in [0.717, 1.165) is 23.2 Å². The first-order chi connectivity index (χ1) is 11.7. The van der Waals surface area contributed by atoms with Gasteiger partial charge in [0.15, 0.2) is 0 Å². The van der Waals surface area contributed by atoms with Crippen molar-refractivity contribution in [2.24, 2.45) is 0 Å². The molecule has 2 heterocycles. The molecule has 0 saturated carbocycles. The van der Waals surface area contributed by atoms with E-state index in [-0.39, 0.29) is 11.9 Å². The summed E-state index contributed by atoms with van der Waals surface area (Å²) in [6, 6.07) is 13.6. The standard InChI is InChI=1S/C19H19ClN2O2/c20-17-4-2-1-3-16(17)18-10-21-7-8-22(18)19(23)13-5-6-14-11-24-12-15(14)9-13/h1-6,9,18,21H,7-8,10-12H2. The number of halogens is 1. The van der Waals surface area contributed by atoms with Crippen LogP contribution in [0.5, 0.6) is 0 Å². The third-order valence-electron chi connectivity index (χ3n) is 4.74. The van der Waals surface area contributed by atoms with E-state index < -0.39 is 0 Å². The fourth-order valence-corrected chi connectivity index (χ4v) is 3.70. The predicted molar refractivity (Wildman–Crippen MR) is 93.0 cm³/mol. The van der Waals surface area contributed by atoms with Gasteiger partial charge in [-0.15, -0.1) is 0 Å². The molecule has 2 aromatic rings. The Morgan fingerprint density at radius 2 is 2.00 bits per heavy atom. The van der Waals surface area contributed by atoms with Gasteiger partial charge in [-0.1, -0.05) is 35.9 Å². The van der Waals surface area contributed by atoms with E-state index in [1.807, 2.05) is 47.4 Å². The lowest BCUT2D eigenvalue weighted by Crippen LogP contribution is -2.48. The van der Waals surface area contributed by atoms with Crippen molar-refractivity contribution >= 4 is 17.5 Å². The van der Waals surface area contributed by atoms with E-state index in [1.54, 1.807) is 0 Å². The molecule has 0 spiro atoms. The lowest BCUT2D eigenvalue weighted by molar-refractivity contribution is 0.0634. The molecule has 0 aliphatic carbocycles. The van der Waals surface area contributed by atoms with Crippen LogP contribution in [-0.4, -0.2) is 30.4 Å². The van der Waals surface area contributed by atoms with Crippen LogP contribution in [0.25, 0.3) is 0 Å². The number of rotatable bonds is 2. The molecule has 1 unspecified atom stereocenters. The van der Waals surface area contributed by atoms with Gasteiger partial charge in [0.05, 0.1) is 19.3 Å². The van der Waals surface area contributed by atoms with Crippen molar-refractivity contribution in [3.8, 4) is 0 Å². The average Bonchev–Trinajstić information content (AvgIpc) is 3.09. The smallest absolute Gasteiger partial charge is 0.254 e. The maximum Gasteiger partial charge on any atom is 0.254 e. The van der Waals surface area contributed by atoms with Gasteiger partial charge in [0.1, 0.15) is 0 Å². The minimum Gasteiger partial charge on any atom is -0.372 e. The van der Waals surface area contributed by atoms with Gasteiger partial charge in [0.2, 0.25) is 0 Å². The molecule has 2 aromatic carbocycles. The fraction of sp³-hybridized carbons (Fsp3) is 0.316. The molecule has 0 bridgehead atoms. The first kappa shape index (κ1) is 15.6. The molecule has 1 N–H and O–H groups in total. The Hall–Kier alpha value is -1.88. The van der Waals surface area contributed by atoms with E-state index in [4.69, 9.17) is 16.3 Å². The minimum atomic E-state index is -0.0514. The number of carbonyl (C=O) groups is 1. The van der Waals surface area contributed by atoms with Crippen molar-refractivity contribution in [2.45, 2.75) is 19.3 Å². The number of hydrogen-bond donors (Lipinski definition) is 1. The molecule has 1 saturated heterocycles. The van der Waals surface area contributed by atoms with Gasteiger partial charge in [0, 0.05) is 30.2 Å². The summed E-state index contributed by atoms with van der Waals surface area (Å²) in [4.78, 5) is 15.0. The number of amides is 1. The molecule has 124 valence electrons. The third-order valence-corrected chi connectivity index (χ3v) is 5.08. The highest BCUT2D eigenvalue weighted by atomic mass is 35.5. The lowest BCUT2D eigenvalue weighted by Gasteiger charge is -2.37. The average molecular weight is 343 g/mol. The van der Waals surface area contributed by atoms with E-state index in [1.165, 1.54) is 5.56 Å². The SMILES string of the molecule is O=C(c1ccc2c(c1)COC2)N1CCNCC1c1ccccc1Cl. The summed E-state index contributed by atoms with van der Waals surface area (Å²) in [6.45, 7) is 3.40. The molecule has 0 radical (unpaired) electrons. The molecular formula is C19H19ClN2O2. The van der Waals surface area contributed by atoms with Crippen LogP contribution in [0.3, 0.4) is 0 Å². The van der Waals surface area contributed by atoms with Crippen LogP contribution in [0.15, 0.2) is 42.5 Å². The predicted octanol–water partition coefficient (Wildman–Crippen LogP) is 3.16. The van der Waals surface area contributed by atoms with Crippen LogP contribution >= 0.6 is 11.6 Å². The van der Waals surface area contributed by atoms with Crippen molar-refractivity contribution in [3.63, 3.8) is 0 Å². The van der Waals surface area contributed by atoms with Crippen LogP contribution in [0.4, 0.5) is 0 Å². The Labute approximate surface area is 146 Å². The summed E-state index contributed by atoms with van der Waals surface area (Å²) in [6.07, 6.45) is 0. The molecule has 4 rings (SSSR count). The minimum absolute atomic E-state index is 0.0514. The first-order valence-corrected chi connectivity index (χ1v) is 8.57. The number of benzene rings is 2. The zero-order chi connectivity index (χ0) is 16.5. The topological polar surface area (TPSA) is 41.6 Å². The van der Waals surface area contributed by atoms with Crippen LogP contribution in [0.2, 0.25) is 5.02 Å². The second kappa shape index (κ2) is 6.55. The molecule has 1 fully saturated rings. The van der Waals surface area contributed by atoms with Gasteiger partial charge in [-0.05, 0) is 34.9 Å². The maximum atomic E-state index is 13.1. The van der Waals surface area contributed by atoms with Crippen molar-refractivity contribution in [2.75, 3.05) is 19.6 Å². The molecule has 0 aromatic heterocycles. The molecule has 1 atom stereocenters. The summed E-state index contributed by atoms with van der Waals surface area (Å²) < 4.78 is 5.45. The Balaban J connectivity index is 1.65. The molecular weight excluding hydrogens is 324 g/mol. The fourth-order valence-electron chi connectivity index (χ4n) is 3.44. The van der Waals surface area contributed by atoms with Crippen molar-refractivity contribution < 1.29 is 9.53 Å². The van der Waals surface area contributed by atoms with E-state index in [0.29, 0.717) is 31.3 Å². The summed E-state index contributed by atoms with van der Waals surface area (Å²) in [7, 11) is 0. The Bertz CT molecular complexity index is 778. The summed E-state index contributed by atoms with van der Waals surface area (Å²) in [5.41, 5.74) is 4.00. The molecule has 24 heavy (non-hydrogen) atoms. The summed E-state index contributed by atoms with van der Waals surface area (Å²) >= 11 is 6.37. The van der Waals surface area contributed by atoms with Crippen LogP contribution < -0.4 is 5.32 Å². The zero-order valence-electron chi connectivity index (χ0n) is 13.3. The second-order valence-corrected chi connectivity index (χ2v) is 6.62. The van der Waals surface area contributed by atoms with E-state index in [2.05, 4.69) is 5.32 Å². The monoisotopic (exact) mass is 342 g/mol. The summed E-state index contributed by atoms with van der Waals surface area (Å²) in [5.74, 6) is 0.0520.